The van der Waals surface area contributed by atoms with Gasteiger partial charge in [-0.3, -0.25) is 9.48 Å². The van der Waals surface area contributed by atoms with Crippen molar-refractivity contribution in [2.75, 3.05) is 20.1 Å². The molecule has 0 spiro atoms. The third kappa shape index (κ3) is 5.13. The van der Waals surface area contributed by atoms with Gasteiger partial charge in [-0.2, -0.15) is 5.10 Å². The molecule has 1 aromatic carbocycles. The van der Waals surface area contributed by atoms with E-state index in [0.29, 0.717) is 18.6 Å². The fraction of sp³-hybridized carbons (Fsp3) is 0.500. The van der Waals surface area contributed by atoms with Crippen LogP contribution in [-0.2, 0) is 11.3 Å². The van der Waals surface area contributed by atoms with Gasteiger partial charge in [-0.15, -0.1) is 0 Å². The highest BCUT2D eigenvalue weighted by molar-refractivity contribution is 6.31. The van der Waals surface area contributed by atoms with E-state index in [1.807, 2.05) is 53.8 Å². The minimum atomic E-state index is 0.0818. The van der Waals surface area contributed by atoms with E-state index in [1.54, 1.807) is 6.08 Å². The topological polar surface area (TPSA) is 41.4 Å². The second-order valence-electron chi connectivity index (χ2n) is 8.48. The van der Waals surface area contributed by atoms with Crippen molar-refractivity contribution in [3.05, 3.63) is 57.9 Å². The molecule has 0 unspecified atom stereocenters. The van der Waals surface area contributed by atoms with Crippen LogP contribution in [0.5, 0.6) is 0 Å². The van der Waals surface area contributed by atoms with Crippen molar-refractivity contribution < 1.29 is 4.79 Å². The van der Waals surface area contributed by atoms with Gasteiger partial charge in [0.25, 0.3) is 0 Å². The molecule has 1 aromatic heterocycles. The van der Waals surface area contributed by atoms with E-state index >= 15 is 0 Å². The third-order valence-electron chi connectivity index (χ3n) is 6.27. The number of rotatable bonds is 6. The number of carbonyl (C=O) groups is 1. The van der Waals surface area contributed by atoms with Gasteiger partial charge >= 0.3 is 0 Å². The van der Waals surface area contributed by atoms with Crippen LogP contribution in [0, 0.1) is 13.8 Å². The van der Waals surface area contributed by atoms with E-state index in [4.69, 9.17) is 11.6 Å². The van der Waals surface area contributed by atoms with Gasteiger partial charge in [-0.1, -0.05) is 29.8 Å². The molecule has 5 nitrogen and oxygen atoms in total. The van der Waals surface area contributed by atoms with Crippen LogP contribution in [-0.4, -0.2) is 57.7 Å². The van der Waals surface area contributed by atoms with Crippen LogP contribution in [0.3, 0.4) is 0 Å². The molecule has 0 atom stereocenters. The van der Waals surface area contributed by atoms with Gasteiger partial charge in [0.05, 0.1) is 12.2 Å². The number of hydrogen-bond donors (Lipinski definition) is 0. The number of likely N-dealkylation sites (tertiary alicyclic amines) is 1. The molecule has 1 saturated heterocycles. The van der Waals surface area contributed by atoms with Crippen molar-refractivity contribution >= 4 is 23.6 Å². The van der Waals surface area contributed by atoms with Gasteiger partial charge in [0, 0.05) is 47.5 Å². The monoisotopic (exact) mass is 428 g/mol. The van der Waals surface area contributed by atoms with Crippen molar-refractivity contribution in [1.82, 2.24) is 19.6 Å². The standard InChI is InChI=1S/C24H33ClN4O/c1-17(2)27(5)21-12-14-28(15-13-21)24(30)11-10-22-18(3)26-29(19(22)4)16-20-8-6-7-9-23(20)25/h6-11,17,21H,12-16H2,1-5H3. The number of carbonyl (C=O) groups excluding carboxylic acids is 1. The van der Waals surface area contributed by atoms with Crippen LogP contribution < -0.4 is 0 Å². The SMILES string of the molecule is Cc1nn(Cc2ccccc2Cl)c(C)c1C=CC(=O)N1CCC(N(C)C(C)C)CC1. The fourth-order valence-electron chi connectivity index (χ4n) is 4.07. The average molecular weight is 429 g/mol. The predicted molar refractivity (Wildman–Crippen MR) is 124 cm³/mol. The average Bonchev–Trinajstić information content (AvgIpc) is 3.00. The molecule has 1 aliphatic rings. The Bertz CT molecular complexity index is 910. The number of nitrogens with zero attached hydrogens (tertiary/aromatic N) is 4. The summed E-state index contributed by atoms with van der Waals surface area (Å²) in [5.41, 5.74) is 3.99. The second kappa shape index (κ2) is 9.80. The Kier molecular flexibility index (Phi) is 7.37. The van der Waals surface area contributed by atoms with E-state index in [0.717, 1.165) is 53.5 Å². The maximum Gasteiger partial charge on any atom is 0.246 e. The zero-order valence-electron chi connectivity index (χ0n) is 18.7. The summed E-state index contributed by atoms with van der Waals surface area (Å²) in [6.45, 7) is 10.7. The van der Waals surface area contributed by atoms with Crippen LogP contribution in [0.4, 0.5) is 0 Å². The highest BCUT2D eigenvalue weighted by Gasteiger charge is 2.25. The minimum absolute atomic E-state index is 0.0818. The lowest BCUT2D eigenvalue weighted by molar-refractivity contribution is -0.127. The van der Waals surface area contributed by atoms with E-state index in [-0.39, 0.29) is 5.91 Å². The number of piperidine rings is 1. The first kappa shape index (κ1) is 22.6. The maximum atomic E-state index is 12.7. The number of hydrogen-bond acceptors (Lipinski definition) is 3. The summed E-state index contributed by atoms with van der Waals surface area (Å²) in [6, 6.07) is 8.91. The Labute approximate surface area is 185 Å². The summed E-state index contributed by atoms with van der Waals surface area (Å²) in [6.07, 6.45) is 5.67. The molecule has 1 aliphatic heterocycles. The van der Waals surface area contributed by atoms with E-state index in [1.165, 1.54) is 0 Å². The summed E-state index contributed by atoms with van der Waals surface area (Å²) in [4.78, 5) is 17.1. The van der Waals surface area contributed by atoms with Gasteiger partial charge in [0.15, 0.2) is 0 Å². The number of aromatic nitrogens is 2. The molecule has 1 fully saturated rings. The molecule has 0 bridgehead atoms. The zero-order chi connectivity index (χ0) is 21.8. The predicted octanol–water partition coefficient (Wildman–Crippen LogP) is 4.55. The quantitative estimate of drug-likeness (QED) is 0.634. The maximum absolute atomic E-state index is 12.7. The van der Waals surface area contributed by atoms with Gasteiger partial charge < -0.3 is 9.80 Å². The molecule has 30 heavy (non-hydrogen) atoms. The van der Waals surface area contributed by atoms with Crippen molar-refractivity contribution in [3.8, 4) is 0 Å². The Hall–Kier alpha value is -2.11. The van der Waals surface area contributed by atoms with Gasteiger partial charge in [-0.05, 0) is 65.3 Å². The minimum Gasteiger partial charge on any atom is -0.339 e. The zero-order valence-corrected chi connectivity index (χ0v) is 19.5. The summed E-state index contributed by atoms with van der Waals surface area (Å²) < 4.78 is 1.95. The first-order valence-corrected chi connectivity index (χ1v) is 11.1. The van der Waals surface area contributed by atoms with Crippen LogP contribution in [0.25, 0.3) is 6.08 Å². The Morgan fingerprint density at radius 1 is 1.27 bits per heavy atom. The number of halogens is 1. The van der Waals surface area contributed by atoms with Crippen molar-refractivity contribution in [2.24, 2.45) is 0 Å². The summed E-state index contributed by atoms with van der Waals surface area (Å²) in [5, 5.41) is 5.40. The van der Waals surface area contributed by atoms with Crippen molar-refractivity contribution in [2.45, 2.75) is 59.2 Å². The molecule has 3 rings (SSSR count). The summed E-state index contributed by atoms with van der Waals surface area (Å²) in [7, 11) is 2.18. The molecule has 0 radical (unpaired) electrons. The van der Waals surface area contributed by atoms with E-state index < -0.39 is 0 Å². The Morgan fingerprint density at radius 3 is 2.57 bits per heavy atom. The lowest BCUT2D eigenvalue weighted by atomic mass is 10.0. The molecule has 1 amide bonds. The van der Waals surface area contributed by atoms with Crippen molar-refractivity contribution in [1.29, 1.82) is 0 Å². The van der Waals surface area contributed by atoms with Crippen LogP contribution in [0.1, 0.15) is 49.2 Å². The molecular formula is C24H33ClN4O. The molecular weight excluding hydrogens is 396 g/mol. The highest BCUT2D eigenvalue weighted by atomic mass is 35.5. The summed E-state index contributed by atoms with van der Waals surface area (Å²) >= 11 is 6.30. The largest absolute Gasteiger partial charge is 0.339 e. The Balaban J connectivity index is 1.64. The number of benzene rings is 1. The van der Waals surface area contributed by atoms with Crippen LogP contribution >= 0.6 is 11.6 Å². The number of amides is 1. The van der Waals surface area contributed by atoms with Gasteiger partial charge in [0.1, 0.15) is 0 Å². The molecule has 0 N–H and O–H groups in total. The van der Waals surface area contributed by atoms with Crippen LogP contribution in [0.15, 0.2) is 30.3 Å². The van der Waals surface area contributed by atoms with Gasteiger partial charge in [0.2, 0.25) is 5.91 Å². The molecule has 162 valence electrons. The van der Waals surface area contributed by atoms with E-state index in [9.17, 15) is 4.79 Å². The fourth-order valence-corrected chi connectivity index (χ4v) is 4.26. The lowest BCUT2D eigenvalue weighted by Crippen LogP contribution is -2.47. The molecule has 2 aromatic rings. The molecule has 2 heterocycles. The van der Waals surface area contributed by atoms with Crippen molar-refractivity contribution in [3.63, 3.8) is 0 Å². The van der Waals surface area contributed by atoms with Gasteiger partial charge in [-0.25, -0.2) is 0 Å². The molecule has 0 aliphatic carbocycles. The smallest absolute Gasteiger partial charge is 0.246 e. The summed E-state index contributed by atoms with van der Waals surface area (Å²) in [5.74, 6) is 0.0818. The van der Waals surface area contributed by atoms with Crippen LogP contribution in [0.2, 0.25) is 5.02 Å². The number of aryl methyl sites for hydroxylation is 1. The lowest BCUT2D eigenvalue weighted by Gasteiger charge is -2.38. The second-order valence-corrected chi connectivity index (χ2v) is 8.89. The first-order chi connectivity index (χ1) is 14.3. The highest BCUT2D eigenvalue weighted by Crippen LogP contribution is 2.21. The third-order valence-corrected chi connectivity index (χ3v) is 6.64. The normalized spacial score (nSPS) is 15.7. The Morgan fingerprint density at radius 2 is 1.93 bits per heavy atom. The molecule has 0 saturated carbocycles. The van der Waals surface area contributed by atoms with E-state index in [2.05, 4.69) is 30.9 Å². The molecule has 6 heteroatoms. The first-order valence-electron chi connectivity index (χ1n) is 10.7.